The van der Waals surface area contributed by atoms with Crippen molar-refractivity contribution in [2.24, 2.45) is 0 Å². The van der Waals surface area contributed by atoms with E-state index < -0.39 is 17.2 Å². The van der Waals surface area contributed by atoms with E-state index in [2.05, 4.69) is 10.2 Å². The van der Waals surface area contributed by atoms with Gasteiger partial charge in [0.1, 0.15) is 5.41 Å². The Morgan fingerprint density at radius 1 is 0.925 bits per heavy atom. The van der Waals surface area contributed by atoms with E-state index in [1.165, 1.54) is 12.1 Å². The van der Waals surface area contributed by atoms with Gasteiger partial charge in [-0.15, -0.1) is 0 Å². The summed E-state index contributed by atoms with van der Waals surface area (Å²) < 4.78 is 44.5. The van der Waals surface area contributed by atoms with E-state index in [9.17, 15) is 22.8 Å². The first kappa shape index (κ1) is 29.3. The zero-order valence-corrected chi connectivity index (χ0v) is 23.0. The molecule has 0 saturated carbocycles. The number of ether oxygens (including phenoxy) is 1. The Bertz CT molecular complexity index is 1300. The Morgan fingerprint density at radius 3 is 2.12 bits per heavy atom. The van der Waals surface area contributed by atoms with Gasteiger partial charge < -0.3 is 10.1 Å². The van der Waals surface area contributed by atoms with Crippen LogP contribution >= 0.6 is 0 Å². The van der Waals surface area contributed by atoms with Gasteiger partial charge >= 0.3 is 12.1 Å². The van der Waals surface area contributed by atoms with Crippen molar-refractivity contribution in [3.05, 3.63) is 95.6 Å². The number of amides is 1. The summed E-state index contributed by atoms with van der Waals surface area (Å²) in [5, 5.41) is 3.12. The molecule has 0 aliphatic carbocycles. The second-order valence-corrected chi connectivity index (χ2v) is 10.4. The third-order valence-corrected chi connectivity index (χ3v) is 8.02. The Labute approximate surface area is 233 Å². The SMILES string of the molecule is CCOC(=O)C(C)(c1ccccc1)C(C)N1CCC(NC(=O)c2ccccc2-c2ccc(C(F)(F)F)cc2)CC1. The lowest BCUT2D eigenvalue weighted by Crippen LogP contribution is -2.56. The van der Waals surface area contributed by atoms with Crippen molar-refractivity contribution >= 4 is 11.9 Å². The molecule has 212 valence electrons. The summed E-state index contributed by atoms with van der Waals surface area (Å²) in [4.78, 5) is 28.7. The maximum atomic E-state index is 13.3. The number of alkyl halides is 3. The van der Waals surface area contributed by atoms with E-state index in [0.717, 1.165) is 17.7 Å². The number of nitrogens with one attached hydrogen (secondary N) is 1. The van der Waals surface area contributed by atoms with Crippen LogP contribution < -0.4 is 5.32 Å². The van der Waals surface area contributed by atoms with Crippen LogP contribution in [0.5, 0.6) is 0 Å². The van der Waals surface area contributed by atoms with Crippen LogP contribution in [-0.2, 0) is 21.1 Å². The number of likely N-dealkylation sites (tertiary alicyclic amines) is 1. The Hall–Kier alpha value is -3.65. The summed E-state index contributed by atoms with van der Waals surface area (Å²) in [5.74, 6) is -0.522. The zero-order valence-electron chi connectivity index (χ0n) is 23.0. The molecule has 1 heterocycles. The van der Waals surface area contributed by atoms with E-state index in [1.807, 2.05) is 44.2 Å². The molecule has 1 fully saturated rings. The van der Waals surface area contributed by atoms with E-state index >= 15 is 0 Å². The van der Waals surface area contributed by atoms with Gasteiger partial charge in [0.2, 0.25) is 0 Å². The molecule has 1 saturated heterocycles. The minimum absolute atomic E-state index is 0.0674. The number of carbonyl (C=O) groups is 2. The Morgan fingerprint density at radius 2 is 1.52 bits per heavy atom. The summed E-state index contributed by atoms with van der Waals surface area (Å²) in [6, 6.07) is 21.2. The minimum Gasteiger partial charge on any atom is -0.465 e. The molecule has 1 aliphatic rings. The highest BCUT2D eigenvalue weighted by Crippen LogP contribution is 2.35. The molecule has 4 rings (SSSR count). The van der Waals surface area contributed by atoms with Gasteiger partial charge in [-0.05, 0) is 68.5 Å². The van der Waals surface area contributed by atoms with Crippen molar-refractivity contribution < 1.29 is 27.5 Å². The number of rotatable bonds is 8. The minimum atomic E-state index is -4.42. The van der Waals surface area contributed by atoms with Crippen LogP contribution in [0.15, 0.2) is 78.9 Å². The molecule has 1 N–H and O–H groups in total. The summed E-state index contributed by atoms with van der Waals surface area (Å²) in [7, 11) is 0. The highest BCUT2D eigenvalue weighted by molar-refractivity contribution is 6.01. The summed E-state index contributed by atoms with van der Waals surface area (Å²) in [5.41, 5.74) is 0.849. The molecule has 0 aromatic heterocycles. The molecular weight excluding hydrogens is 517 g/mol. The maximum absolute atomic E-state index is 13.3. The fourth-order valence-electron chi connectivity index (χ4n) is 5.43. The number of carbonyl (C=O) groups excluding carboxylic acids is 2. The molecule has 5 nitrogen and oxygen atoms in total. The van der Waals surface area contributed by atoms with E-state index in [1.54, 1.807) is 31.2 Å². The molecule has 8 heteroatoms. The summed E-state index contributed by atoms with van der Waals surface area (Å²) >= 11 is 0. The van der Waals surface area contributed by atoms with Crippen LogP contribution in [0.3, 0.4) is 0 Å². The molecule has 1 aliphatic heterocycles. The highest BCUT2D eigenvalue weighted by Gasteiger charge is 2.45. The van der Waals surface area contributed by atoms with E-state index in [-0.39, 0.29) is 24.0 Å². The third-order valence-electron chi connectivity index (χ3n) is 8.02. The largest absolute Gasteiger partial charge is 0.465 e. The molecule has 0 radical (unpaired) electrons. The van der Waals surface area contributed by atoms with Crippen LogP contribution in [-0.4, -0.2) is 48.6 Å². The normalized spacial score (nSPS) is 17.1. The molecule has 3 aromatic carbocycles. The van der Waals surface area contributed by atoms with Crippen LogP contribution in [0, 0.1) is 0 Å². The number of piperidine rings is 1. The van der Waals surface area contributed by atoms with Gasteiger partial charge in [0, 0.05) is 30.7 Å². The van der Waals surface area contributed by atoms with Crippen LogP contribution in [0.4, 0.5) is 13.2 Å². The van der Waals surface area contributed by atoms with Gasteiger partial charge in [0.05, 0.1) is 12.2 Å². The molecular formula is C32H35F3N2O3. The van der Waals surface area contributed by atoms with Crippen molar-refractivity contribution in [2.75, 3.05) is 19.7 Å². The topological polar surface area (TPSA) is 58.6 Å². The molecule has 3 aromatic rings. The van der Waals surface area contributed by atoms with E-state index in [4.69, 9.17) is 4.74 Å². The number of hydrogen-bond donors (Lipinski definition) is 1. The van der Waals surface area contributed by atoms with Gasteiger partial charge in [0.15, 0.2) is 0 Å². The number of halogens is 3. The first-order chi connectivity index (χ1) is 19.1. The fraction of sp³-hybridized carbons (Fsp3) is 0.375. The summed E-state index contributed by atoms with van der Waals surface area (Å²) in [6.45, 7) is 7.46. The van der Waals surface area contributed by atoms with Gasteiger partial charge in [-0.25, -0.2) is 0 Å². The number of nitrogens with zero attached hydrogens (tertiary/aromatic N) is 1. The van der Waals surface area contributed by atoms with Crippen molar-refractivity contribution in [2.45, 2.75) is 57.3 Å². The van der Waals surface area contributed by atoms with Crippen molar-refractivity contribution in [3.63, 3.8) is 0 Å². The van der Waals surface area contributed by atoms with Crippen LogP contribution in [0.25, 0.3) is 11.1 Å². The lowest BCUT2D eigenvalue weighted by molar-refractivity contribution is -0.152. The molecule has 2 atom stereocenters. The average Bonchev–Trinajstić information content (AvgIpc) is 2.97. The molecule has 0 spiro atoms. The summed E-state index contributed by atoms with van der Waals surface area (Å²) in [6.07, 6.45) is -3.02. The van der Waals surface area contributed by atoms with Crippen LogP contribution in [0.1, 0.15) is 55.1 Å². The first-order valence-electron chi connectivity index (χ1n) is 13.6. The van der Waals surface area contributed by atoms with Gasteiger partial charge in [-0.2, -0.15) is 13.2 Å². The van der Waals surface area contributed by atoms with Gasteiger partial charge in [-0.3, -0.25) is 14.5 Å². The maximum Gasteiger partial charge on any atom is 0.416 e. The third kappa shape index (κ3) is 6.22. The highest BCUT2D eigenvalue weighted by atomic mass is 19.4. The predicted molar refractivity (Wildman–Crippen MR) is 149 cm³/mol. The van der Waals surface area contributed by atoms with Gasteiger partial charge in [0.25, 0.3) is 5.91 Å². The smallest absolute Gasteiger partial charge is 0.416 e. The second-order valence-electron chi connectivity index (χ2n) is 10.4. The first-order valence-corrected chi connectivity index (χ1v) is 13.6. The Kier molecular flexibility index (Phi) is 8.98. The molecule has 2 unspecified atom stereocenters. The molecule has 40 heavy (non-hydrogen) atoms. The Balaban J connectivity index is 1.44. The predicted octanol–water partition coefficient (Wildman–Crippen LogP) is 6.48. The van der Waals surface area contributed by atoms with E-state index in [0.29, 0.717) is 49.2 Å². The van der Waals surface area contributed by atoms with Crippen LogP contribution in [0.2, 0.25) is 0 Å². The van der Waals surface area contributed by atoms with Crippen molar-refractivity contribution in [3.8, 4) is 11.1 Å². The van der Waals surface area contributed by atoms with Crippen molar-refractivity contribution in [1.29, 1.82) is 0 Å². The molecule has 0 bridgehead atoms. The lowest BCUT2D eigenvalue weighted by atomic mass is 9.75. The average molecular weight is 553 g/mol. The standard InChI is InChI=1S/C32H35F3N2O3/c1-4-40-30(39)31(3,24-10-6-5-7-11-24)22(2)37-20-18-26(19-21-37)36-29(38)28-13-9-8-12-27(28)23-14-16-25(17-15-23)32(33,34)35/h5-17,22,26H,4,18-21H2,1-3H3,(H,36,38). The number of esters is 1. The number of hydrogen-bond acceptors (Lipinski definition) is 4. The van der Waals surface area contributed by atoms with Gasteiger partial charge in [-0.1, -0.05) is 60.7 Å². The molecule has 1 amide bonds. The zero-order chi connectivity index (χ0) is 28.9. The lowest BCUT2D eigenvalue weighted by Gasteiger charge is -2.44. The van der Waals surface area contributed by atoms with Crippen molar-refractivity contribution in [1.82, 2.24) is 10.2 Å². The number of benzene rings is 3. The monoisotopic (exact) mass is 552 g/mol. The fourth-order valence-corrected chi connectivity index (χ4v) is 5.43. The quantitative estimate of drug-likeness (QED) is 0.325. The second kappa shape index (κ2) is 12.3.